The van der Waals surface area contributed by atoms with E-state index >= 15 is 0 Å². The van der Waals surface area contributed by atoms with E-state index in [1.54, 1.807) is 25.3 Å². The number of nitrogens with one attached hydrogen (secondary N) is 1. The average molecular weight is 249 g/mol. The van der Waals surface area contributed by atoms with E-state index in [0.29, 0.717) is 11.3 Å². The van der Waals surface area contributed by atoms with E-state index in [4.69, 9.17) is 16.2 Å². The average Bonchev–Trinajstić information content (AvgIpc) is 2.79. The maximum atomic E-state index is 11.2. The maximum Gasteiger partial charge on any atom is 0.248 e. The molecule has 2 atom stereocenters. The van der Waals surface area contributed by atoms with Crippen molar-refractivity contribution >= 4 is 17.3 Å². The van der Waals surface area contributed by atoms with Crippen LogP contribution in [0.15, 0.2) is 18.2 Å². The number of ether oxygens (including phenoxy) is 1. The fourth-order valence-electron chi connectivity index (χ4n) is 2.41. The highest BCUT2D eigenvalue weighted by molar-refractivity contribution is 5.94. The highest BCUT2D eigenvalue weighted by atomic mass is 16.5. The van der Waals surface area contributed by atoms with E-state index in [2.05, 4.69) is 5.32 Å². The summed E-state index contributed by atoms with van der Waals surface area (Å²) in [6, 6.07) is 5.26. The molecule has 1 aromatic carbocycles. The Morgan fingerprint density at radius 1 is 1.44 bits per heavy atom. The number of amides is 1. The van der Waals surface area contributed by atoms with Crippen LogP contribution in [0.25, 0.3) is 0 Å². The van der Waals surface area contributed by atoms with Gasteiger partial charge in [-0.05, 0) is 37.5 Å². The molecule has 0 aliphatic heterocycles. The summed E-state index contributed by atoms with van der Waals surface area (Å²) in [5.41, 5.74) is 13.0. The molecule has 5 heteroatoms. The Balaban J connectivity index is 2.17. The lowest BCUT2D eigenvalue weighted by atomic mass is 10.1. The van der Waals surface area contributed by atoms with Crippen molar-refractivity contribution in [3.63, 3.8) is 0 Å². The van der Waals surface area contributed by atoms with Gasteiger partial charge in [0.1, 0.15) is 0 Å². The van der Waals surface area contributed by atoms with Crippen molar-refractivity contribution in [2.75, 3.05) is 18.2 Å². The Morgan fingerprint density at radius 2 is 2.22 bits per heavy atom. The van der Waals surface area contributed by atoms with Crippen LogP contribution in [0.1, 0.15) is 29.6 Å². The molecule has 2 rings (SSSR count). The SMILES string of the molecule is COC1CCCC1Nc1cc(C(N)=O)ccc1N. The van der Waals surface area contributed by atoms with Gasteiger partial charge in [0.25, 0.3) is 0 Å². The second-order valence-corrected chi connectivity index (χ2v) is 4.62. The molecule has 1 aliphatic rings. The summed E-state index contributed by atoms with van der Waals surface area (Å²) in [6.07, 6.45) is 3.41. The first kappa shape index (κ1) is 12.7. The molecule has 0 spiro atoms. The van der Waals surface area contributed by atoms with E-state index in [9.17, 15) is 4.79 Å². The molecule has 2 unspecified atom stereocenters. The predicted molar refractivity (Wildman–Crippen MR) is 71.4 cm³/mol. The lowest BCUT2D eigenvalue weighted by Gasteiger charge is -2.22. The van der Waals surface area contributed by atoms with Gasteiger partial charge in [0.15, 0.2) is 0 Å². The molecule has 1 fully saturated rings. The molecule has 0 radical (unpaired) electrons. The smallest absolute Gasteiger partial charge is 0.248 e. The van der Waals surface area contributed by atoms with Crippen LogP contribution in [0.3, 0.4) is 0 Å². The summed E-state index contributed by atoms with van der Waals surface area (Å²) >= 11 is 0. The number of nitrogen functional groups attached to an aromatic ring is 1. The lowest BCUT2D eigenvalue weighted by molar-refractivity contribution is 0.100. The first-order valence-electron chi connectivity index (χ1n) is 6.10. The molecule has 0 saturated heterocycles. The Kier molecular flexibility index (Phi) is 3.72. The molecule has 1 aliphatic carbocycles. The Hall–Kier alpha value is -1.75. The quantitative estimate of drug-likeness (QED) is 0.702. The van der Waals surface area contributed by atoms with Crippen molar-refractivity contribution in [2.24, 2.45) is 5.73 Å². The summed E-state index contributed by atoms with van der Waals surface area (Å²) < 4.78 is 5.42. The van der Waals surface area contributed by atoms with Crippen LogP contribution in [-0.2, 0) is 4.74 Å². The van der Waals surface area contributed by atoms with Crippen LogP contribution in [-0.4, -0.2) is 25.2 Å². The topological polar surface area (TPSA) is 90.4 Å². The van der Waals surface area contributed by atoms with Crippen LogP contribution < -0.4 is 16.8 Å². The molecular formula is C13H19N3O2. The first-order valence-corrected chi connectivity index (χ1v) is 6.10. The molecule has 1 aromatic rings. The van der Waals surface area contributed by atoms with Gasteiger partial charge in [-0.1, -0.05) is 0 Å². The number of carbonyl (C=O) groups is 1. The zero-order valence-corrected chi connectivity index (χ0v) is 10.5. The minimum atomic E-state index is -0.451. The molecule has 0 bridgehead atoms. The van der Waals surface area contributed by atoms with Gasteiger partial charge in [0.05, 0.1) is 23.5 Å². The minimum absolute atomic E-state index is 0.196. The predicted octanol–water partition coefficient (Wildman–Crippen LogP) is 1.35. The highest BCUT2D eigenvalue weighted by Crippen LogP contribution is 2.28. The standard InChI is InChI=1S/C13H19N3O2/c1-18-12-4-2-3-10(12)16-11-7-8(13(15)17)5-6-9(11)14/h5-7,10,12,16H,2-4,14H2,1H3,(H2,15,17). The summed E-state index contributed by atoms with van der Waals surface area (Å²) in [5.74, 6) is -0.451. The van der Waals surface area contributed by atoms with Gasteiger partial charge in [-0.15, -0.1) is 0 Å². The van der Waals surface area contributed by atoms with Crippen molar-refractivity contribution in [1.82, 2.24) is 0 Å². The van der Waals surface area contributed by atoms with E-state index in [1.807, 2.05) is 0 Å². The lowest BCUT2D eigenvalue weighted by Crippen LogP contribution is -2.30. The summed E-state index contributed by atoms with van der Waals surface area (Å²) in [7, 11) is 1.72. The van der Waals surface area contributed by atoms with Crippen LogP contribution in [0.5, 0.6) is 0 Å². The second-order valence-electron chi connectivity index (χ2n) is 4.62. The molecule has 1 saturated carbocycles. The van der Waals surface area contributed by atoms with Crippen molar-refractivity contribution in [3.05, 3.63) is 23.8 Å². The number of benzene rings is 1. The van der Waals surface area contributed by atoms with Gasteiger partial charge in [0.2, 0.25) is 5.91 Å². The van der Waals surface area contributed by atoms with Crippen LogP contribution in [0, 0.1) is 0 Å². The maximum absolute atomic E-state index is 11.2. The van der Waals surface area contributed by atoms with Gasteiger partial charge in [-0.25, -0.2) is 0 Å². The number of nitrogens with two attached hydrogens (primary N) is 2. The third kappa shape index (κ3) is 2.56. The Morgan fingerprint density at radius 3 is 2.89 bits per heavy atom. The van der Waals surface area contributed by atoms with Crippen LogP contribution >= 0.6 is 0 Å². The molecule has 98 valence electrons. The van der Waals surface area contributed by atoms with E-state index in [-0.39, 0.29) is 12.1 Å². The number of methoxy groups -OCH3 is 1. The van der Waals surface area contributed by atoms with E-state index in [0.717, 1.165) is 24.9 Å². The van der Waals surface area contributed by atoms with Gasteiger partial charge < -0.3 is 21.5 Å². The normalized spacial score (nSPS) is 22.9. The van der Waals surface area contributed by atoms with Crippen LogP contribution in [0.2, 0.25) is 0 Å². The van der Waals surface area contributed by atoms with Gasteiger partial charge in [0, 0.05) is 12.7 Å². The van der Waals surface area contributed by atoms with Crippen molar-refractivity contribution < 1.29 is 9.53 Å². The van der Waals surface area contributed by atoms with E-state index in [1.165, 1.54) is 0 Å². The number of anilines is 2. The monoisotopic (exact) mass is 249 g/mol. The first-order chi connectivity index (χ1) is 8.61. The molecule has 0 heterocycles. The van der Waals surface area contributed by atoms with Gasteiger partial charge in [-0.3, -0.25) is 4.79 Å². The molecule has 5 N–H and O–H groups in total. The number of primary amides is 1. The Labute approximate surface area is 106 Å². The van der Waals surface area contributed by atoms with Gasteiger partial charge >= 0.3 is 0 Å². The Bertz CT molecular complexity index is 448. The summed E-state index contributed by atoms with van der Waals surface area (Å²) in [4.78, 5) is 11.2. The third-order valence-electron chi connectivity index (χ3n) is 3.43. The number of hydrogen-bond acceptors (Lipinski definition) is 4. The van der Waals surface area contributed by atoms with Crippen LogP contribution in [0.4, 0.5) is 11.4 Å². The zero-order chi connectivity index (χ0) is 13.1. The summed E-state index contributed by atoms with van der Waals surface area (Å²) in [6.45, 7) is 0. The molecule has 5 nitrogen and oxygen atoms in total. The van der Waals surface area contributed by atoms with Crippen molar-refractivity contribution in [2.45, 2.75) is 31.4 Å². The number of rotatable bonds is 4. The number of carbonyl (C=O) groups excluding carboxylic acids is 1. The minimum Gasteiger partial charge on any atom is -0.397 e. The molecule has 18 heavy (non-hydrogen) atoms. The highest BCUT2D eigenvalue weighted by Gasteiger charge is 2.27. The number of hydrogen-bond donors (Lipinski definition) is 3. The van der Waals surface area contributed by atoms with E-state index < -0.39 is 5.91 Å². The largest absolute Gasteiger partial charge is 0.397 e. The molecule has 1 amide bonds. The summed E-state index contributed by atoms with van der Waals surface area (Å²) in [5, 5.41) is 3.35. The molecular weight excluding hydrogens is 230 g/mol. The van der Waals surface area contributed by atoms with Gasteiger partial charge in [-0.2, -0.15) is 0 Å². The fraction of sp³-hybridized carbons (Fsp3) is 0.462. The zero-order valence-electron chi connectivity index (χ0n) is 10.5. The fourth-order valence-corrected chi connectivity index (χ4v) is 2.41. The second kappa shape index (κ2) is 5.27. The van der Waals surface area contributed by atoms with Crippen molar-refractivity contribution in [1.29, 1.82) is 0 Å². The third-order valence-corrected chi connectivity index (χ3v) is 3.43. The molecule has 0 aromatic heterocycles. The van der Waals surface area contributed by atoms with Crippen molar-refractivity contribution in [3.8, 4) is 0 Å².